The van der Waals surface area contributed by atoms with Gasteiger partial charge in [0.2, 0.25) is 35.7 Å². The van der Waals surface area contributed by atoms with Crippen LogP contribution in [0.2, 0.25) is 0 Å². The Labute approximate surface area is 803 Å². The number of pyridine rings is 9. The molecule has 0 unspecified atom stereocenters. The third-order valence-corrected chi connectivity index (χ3v) is 28.7. The monoisotopic (exact) mass is 1820 g/mol. The highest BCUT2D eigenvalue weighted by Crippen LogP contribution is 2.55. The van der Waals surface area contributed by atoms with Crippen molar-refractivity contribution in [3.05, 3.63) is 399 Å². The highest BCUT2D eigenvalue weighted by Gasteiger charge is 2.41. The molecule has 0 fully saturated rings. The lowest BCUT2D eigenvalue weighted by molar-refractivity contribution is 0.660. The molecule has 18 heterocycles. The van der Waals surface area contributed by atoms with Crippen LogP contribution in [-0.2, 0) is 16.2 Å². The van der Waals surface area contributed by atoms with Crippen molar-refractivity contribution >= 4 is 132 Å². The number of benzene rings is 9. The van der Waals surface area contributed by atoms with Gasteiger partial charge in [0.15, 0.2) is 17.5 Å². The molecule has 0 aliphatic heterocycles. The van der Waals surface area contributed by atoms with E-state index in [2.05, 4.69) is 260 Å². The number of nitrogens with zero attached hydrogens (tertiary/aromatic N) is 24. The van der Waals surface area contributed by atoms with Crippen LogP contribution >= 0.6 is 0 Å². The predicted molar refractivity (Wildman–Crippen MR) is 555 cm³/mol. The first-order valence-electron chi connectivity index (χ1n) is 46.9. The summed E-state index contributed by atoms with van der Waals surface area (Å²) in [7, 11) is 0. The third kappa shape index (κ3) is 12.0. The van der Waals surface area contributed by atoms with Gasteiger partial charge in [-0.2, -0.15) is 44.9 Å². The fourth-order valence-corrected chi connectivity index (χ4v) is 22.4. The normalized spacial score (nSPS) is 13.5. The van der Waals surface area contributed by atoms with Crippen molar-refractivity contribution in [2.45, 2.75) is 57.8 Å². The van der Waals surface area contributed by atoms with Gasteiger partial charge in [-0.05, 0) is 206 Å². The molecule has 27 aromatic rings. The van der Waals surface area contributed by atoms with Crippen LogP contribution in [0.3, 0.4) is 0 Å². The van der Waals surface area contributed by atoms with Gasteiger partial charge in [0.05, 0.1) is 16.6 Å². The summed E-state index contributed by atoms with van der Waals surface area (Å²) < 4.78 is 11.9. The molecule has 3 aliphatic rings. The average molecular weight is 1820 g/mol. The molecule has 141 heavy (non-hydrogen) atoms. The van der Waals surface area contributed by atoms with E-state index in [9.17, 15) is 0 Å². The molecular formula is C117H78N24. The lowest BCUT2D eigenvalue weighted by Gasteiger charge is -2.24. The lowest BCUT2D eigenvalue weighted by Crippen LogP contribution is -2.17. The molecule has 30 rings (SSSR count). The summed E-state index contributed by atoms with van der Waals surface area (Å²) in [5.41, 5.74) is 26.9. The molecule has 3 aliphatic carbocycles. The minimum atomic E-state index is -0.264. The van der Waals surface area contributed by atoms with Crippen LogP contribution in [0.1, 0.15) is 74.9 Å². The summed E-state index contributed by atoms with van der Waals surface area (Å²) in [6.45, 7) is 13.7. The molecule has 0 saturated heterocycles. The van der Waals surface area contributed by atoms with Crippen LogP contribution in [0.5, 0.6) is 0 Å². The first-order chi connectivity index (χ1) is 69.2. The molecule has 0 atom stereocenters. The largest absolute Gasteiger partial charge is 0.262 e. The Balaban J connectivity index is 0.000000104. The third-order valence-electron chi connectivity index (χ3n) is 28.7. The minimum Gasteiger partial charge on any atom is -0.262 e. The molecule has 666 valence electrons. The summed E-state index contributed by atoms with van der Waals surface area (Å²) in [5, 5.41) is 12.2. The summed E-state index contributed by atoms with van der Waals surface area (Å²) in [6.07, 6.45) is 16.2. The van der Waals surface area contributed by atoms with Gasteiger partial charge in [-0.15, -0.1) is 0 Å². The molecule has 18 aromatic heterocycles. The van der Waals surface area contributed by atoms with E-state index in [-0.39, 0.29) is 16.2 Å². The Morgan fingerprint density at radius 3 is 0.794 bits per heavy atom. The van der Waals surface area contributed by atoms with Crippen LogP contribution in [-0.4, -0.2) is 117 Å². The Hall–Kier alpha value is -18.8. The van der Waals surface area contributed by atoms with Gasteiger partial charge in [0.1, 0.15) is 50.8 Å². The van der Waals surface area contributed by atoms with Crippen molar-refractivity contribution in [2.24, 2.45) is 0 Å². The highest BCUT2D eigenvalue weighted by molar-refractivity contribution is 6.12. The summed E-state index contributed by atoms with van der Waals surface area (Å²) in [6, 6.07) is 106. The molecule has 0 spiro atoms. The predicted octanol–water partition coefficient (Wildman–Crippen LogP) is 24.7. The number of aromatic nitrogens is 24. The number of hydrogen-bond donors (Lipinski definition) is 0. The van der Waals surface area contributed by atoms with E-state index in [1.165, 1.54) is 66.8 Å². The topological polar surface area (TPSA) is 262 Å². The van der Waals surface area contributed by atoms with Crippen LogP contribution in [0.4, 0.5) is 0 Å². The average Bonchev–Trinajstić information content (AvgIpc) is 1.51. The van der Waals surface area contributed by atoms with Gasteiger partial charge in [0.25, 0.3) is 0 Å². The molecule has 9 aromatic carbocycles. The zero-order valence-electron chi connectivity index (χ0n) is 76.9. The van der Waals surface area contributed by atoms with Gasteiger partial charge in [-0.3, -0.25) is 13.7 Å². The maximum Gasteiger partial charge on any atom is 0.242 e. The number of hydrogen-bond acceptors (Lipinski definition) is 18. The zero-order chi connectivity index (χ0) is 93.8. The molecule has 24 nitrogen and oxygen atoms in total. The van der Waals surface area contributed by atoms with Crippen molar-refractivity contribution < 1.29 is 0 Å². The van der Waals surface area contributed by atoms with Gasteiger partial charge in [0, 0.05) is 153 Å². The Bertz CT molecular complexity index is 9280. The van der Waals surface area contributed by atoms with Crippen molar-refractivity contribution in [1.29, 1.82) is 0 Å². The SMILES string of the molecule is CC1(C)c2ccccc2-c2cc(-c3nc(-n4c5ccccc5c5cccnc54)nc(-n4c5ncccc5c5cccnc54)n3)ccc21.CC1(C)c2ccccc2-c2ccc(-c3nc(-n4c5ccccc5c5cccnc54)nc(-n4c5ncccc5c5cccnc54)n3)cc21.CC1(C)c2ccccc2-c2cccc(-c3nc(-n4c5ccccc5c5cccnc54)nc(-n4c5ncccc5c5cccnc54)n3)c21. The van der Waals surface area contributed by atoms with Gasteiger partial charge >= 0.3 is 0 Å². The van der Waals surface area contributed by atoms with Crippen LogP contribution in [0, 0.1) is 0 Å². The molecular weight excluding hydrogens is 1740 g/mol. The number of fused-ring (bicyclic) bond motifs is 27. The van der Waals surface area contributed by atoms with E-state index in [1.54, 1.807) is 43.4 Å². The lowest BCUT2D eigenvalue weighted by atomic mass is 9.80. The van der Waals surface area contributed by atoms with Crippen LogP contribution in [0.25, 0.3) is 235 Å². The molecule has 0 radical (unpaired) electrons. The quantitative estimate of drug-likeness (QED) is 0.130. The fraction of sp³-hybridized carbons (Fsp3) is 0.0769. The summed E-state index contributed by atoms with van der Waals surface area (Å²) in [4.78, 5) is 89.9. The first kappa shape index (κ1) is 80.6. The Morgan fingerprint density at radius 2 is 0.418 bits per heavy atom. The summed E-state index contributed by atoms with van der Waals surface area (Å²) in [5.74, 6) is 4.42. The molecule has 24 heteroatoms. The van der Waals surface area contributed by atoms with Crippen molar-refractivity contribution in [2.75, 3.05) is 0 Å². The van der Waals surface area contributed by atoms with E-state index in [4.69, 9.17) is 89.7 Å². The van der Waals surface area contributed by atoms with Crippen molar-refractivity contribution in [3.63, 3.8) is 0 Å². The second-order valence-electron chi connectivity index (χ2n) is 37.5. The number of para-hydroxylation sites is 3. The van der Waals surface area contributed by atoms with Gasteiger partial charge in [-0.1, -0.05) is 211 Å². The zero-order valence-corrected chi connectivity index (χ0v) is 76.9. The standard InChI is InChI=1S/3C39H26N8/c1-39(2)30-18-5-3-11-23(30)25-13-7-14-29(32(25)39)33-43-37(46-31-19-6-4-12-24(31)26-15-8-20-40-34(26)46)45-38(44-33)47-35-27(16-9-21-41-35)28-17-10-22-42-36(28)47;1-39(2)30-15-5-3-10-24(30)25-18-17-23(22-31(25)39)33-43-37(46-32-16-6-4-11-26(32)27-12-7-19-40-34(27)46)45-38(44-33)47-35-28(13-8-20-41-35)29-14-9-21-42-36(29)47;1-39(2)30-15-5-3-10-24(30)29-22-23(17-18-31(29)39)33-43-37(46-32-16-6-4-11-25(32)26-12-7-19-40-34(26)46)45-38(44-33)47-35-27(13-8-20-41-35)28-14-9-21-42-36(28)47/h3*3-22H,1-2H3. The maximum atomic E-state index is 5.27. The second-order valence-corrected chi connectivity index (χ2v) is 37.5. The Kier molecular flexibility index (Phi) is 17.5. The molecule has 0 amide bonds. The molecule has 0 N–H and O–H groups in total. The van der Waals surface area contributed by atoms with E-state index < -0.39 is 0 Å². The summed E-state index contributed by atoms with van der Waals surface area (Å²) >= 11 is 0. The van der Waals surface area contributed by atoms with E-state index in [1.807, 2.05) is 131 Å². The van der Waals surface area contributed by atoms with Gasteiger partial charge < -0.3 is 0 Å². The van der Waals surface area contributed by atoms with E-state index in [0.29, 0.717) is 53.2 Å². The van der Waals surface area contributed by atoms with Crippen molar-refractivity contribution in [3.8, 4) is 103 Å². The van der Waals surface area contributed by atoms with Gasteiger partial charge in [-0.25, -0.2) is 58.6 Å². The first-order valence-corrected chi connectivity index (χ1v) is 46.9. The highest BCUT2D eigenvalue weighted by atomic mass is 15.3. The van der Waals surface area contributed by atoms with Crippen LogP contribution < -0.4 is 0 Å². The second kappa shape index (κ2) is 30.6. The Morgan fingerprint density at radius 1 is 0.170 bits per heavy atom. The molecule has 0 saturated carbocycles. The van der Waals surface area contributed by atoms with Crippen molar-refractivity contribution in [1.82, 2.24) is 117 Å². The maximum absolute atomic E-state index is 5.27. The minimum absolute atomic E-state index is 0.102. The van der Waals surface area contributed by atoms with E-state index >= 15 is 0 Å². The van der Waals surface area contributed by atoms with E-state index in [0.717, 1.165) is 149 Å². The fourth-order valence-electron chi connectivity index (χ4n) is 22.4. The number of rotatable bonds is 9. The smallest absolute Gasteiger partial charge is 0.242 e. The molecule has 0 bridgehead atoms. The van der Waals surface area contributed by atoms with Crippen LogP contribution in [0.15, 0.2) is 365 Å².